The number of rotatable bonds is 6. The number of sulfonamides is 1. The quantitative estimate of drug-likeness (QED) is 0.738. The number of ether oxygens (including phenoxy) is 1. The average Bonchev–Trinajstić information content (AvgIpc) is 2.29. The number of hydrogen-bond donors (Lipinski definition) is 0. The lowest BCUT2D eigenvalue weighted by atomic mass is 10.5. The molecule has 0 aliphatic heterocycles. The molecule has 0 saturated carbocycles. The Hall–Kier alpha value is -0.690. The first-order chi connectivity index (χ1) is 8.00. The molecule has 0 aliphatic rings. The van der Waals surface area contributed by atoms with Gasteiger partial charge in [-0.05, 0) is 13.0 Å². The van der Waals surface area contributed by atoms with Crippen molar-refractivity contribution in [3.8, 4) is 0 Å². The summed E-state index contributed by atoms with van der Waals surface area (Å²) in [5, 5.41) is 0.170. The highest BCUT2D eigenvalue weighted by Gasteiger charge is 2.23. The number of aromatic nitrogens is 1. The van der Waals surface area contributed by atoms with Crippen molar-refractivity contribution >= 4 is 21.6 Å². The molecule has 0 N–H and O–H groups in total. The van der Waals surface area contributed by atoms with E-state index < -0.39 is 10.0 Å². The minimum Gasteiger partial charge on any atom is -0.380 e. The first-order valence-electron chi connectivity index (χ1n) is 5.13. The Labute approximate surface area is 106 Å². The molecule has 7 heteroatoms. The van der Waals surface area contributed by atoms with Gasteiger partial charge in [-0.15, -0.1) is 0 Å². The maximum absolute atomic E-state index is 12.1. The van der Waals surface area contributed by atoms with Crippen molar-refractivity contribution in [2.45, 2.75) is 11.8 Å². The zero-order valence-corrected chi connectivity index (χ0v) is 11.3. The zero-order chi connectivity index (χ0) is 12.9. The van der Waals surface area contributed by atoms with Gasteiger partial charge in [0.2, 0.25) is 10.0 Å². The lowest BCUT2D eigenvalue weighted by molar-refractivity contribution is 0.138. The molecule has 0 fully saturated rings. The molecule has 1 aromatic rings. The Balaban J connectivity index is 2.85. The summed E-state index contributed by atoms with van der Waals surface area (Å²) in [4.78, 5) is 3.78. The van der Waals surface area contributed by atoms with Crippen molar-refractivity contribution in [3.63, 3.8) is 0 Å². The Morgan fingerprint density at radius 1 is 1.53 bits per heavy atom. The highest BCUT2D eigenvalue weighted by Crippen LogP contribution is 2.22. The van der Waals surface area contributed by atoms with Gasteiger partial charge in [-0.1, -0.05) is 11.6 Å². The molecule has 5 nitrogen and oxygen atoms in total. The van der Waals surface area contributed by atoms with Gasteiger partial charge < -0.3 is 4.74 Å². The largest absolute Gasteiger partial charge is 0.380 e. The number of hydrogen-bond acceptors (Lipinski definition) is 4. The third-order valence-electron chi connectivity index (χ3n) is 2.18. The molecular weight excluding hydrogens is 264 g/mol. The van der Waals surface area contributed by atoms with Gasteiger partial charge in [0.05, 0.1) is 11.6 Å². The fraction of sp³-hybridized carbons (Fsp3) is 0.500. The van der Waals surface area contributed by atoms with Crippen molar-refractivity contribution in [1.29, 1.82) is 0 Å². The van der Waals surface area contributed by atoms with Crippen LogP contribution in [-0.4, -0.2) is 44.5 Å². The Morgan fingerprint density at radius 2 is 2.24 bits per heavy atom. The predicted octanol–water partition coefficient (Wildman–Crippen LogP) is 1.39. The Bertz CT molecular complexity index is 464. The third kappa shape index (κ3) is 3.64. The van der Waals surface area contributed by atoms with Crippen LogP contribution in [0.5, 0.6) is 0 Å². The van der Waals surface area contributed by atoms with E-state index in [-0.39, 0.29) is 16.5 Å². The summed E-state index contributed by atoms with van der Waals surface area (Å²) >= 11 is 5.84. The smallest absolute Gasteiger partial charge is 0.245 e. The highest BCUT2D eigenvalue weighted by atomic mass is 35.5. The molecular formula is C10H15ClN2O3S. The molecule has 0 bridgehead atoms. The van der Waals surface area contributed by atoms with Crippen molar-refractivity contribution in [3.05, 3.63) is 23.5 Å². The normalized spacial score (nSPS) is 12.0. The summed E-state index contributed by atoms with van der Waals surface area (Å²) < 4.78 is 30.5. The van der Waals surface area contributed by atoms with Crippen LogP contribution in [0.4, 0.5) is 0 Å². The second kappa shape index (κ2) is 6.30. The number of halogens is 1. The van der Waals surface area contributed by atoms with Crippen LogP contribution < -0.4 is 0 Å². The van der Waals surface area contributed by atoms with Gasteiger partial charge in [0.15, 0.2) is 0 Å². The second-order valence-corrected chi connectivity index (χ2v) is 5.75. The third-order valence-corrected chi connectivity index (χ3v) is 4.50. The van der Waals surface area contributed by atoms with Gasteiger partial charge in [-0.25, -0.2) is 8.42 Å². The van der Waals surface area contributed by atoms with Crippen LogP contribution in [-0.2, 0) is 14.8 Å². The summed E-state index contributed by atoms with van der Waals surface area (Å²) in [5.74, 6) is 0. The zero-order valence-electron chi connectivity index (χ0n) is 9.76. The minimum atomic E-state index is -3.59. The summed E-state index contributed by atoms with van der Waals surface area (Å²) in [5.41, 5.74) is 0. The van der Waals surface area contributed by atoms with Crippen molar-refractivity contribution < 1.29 is 13.2 Å². The molecule has 1 rings (SSSR count). The lowest BCUT2D eigenvalue weighted by Crippen LogP contribution is -2.30. The minimum absolute atomic E-state index is 0.0145. The van der Waals surface area contributed by atoms with Crippen LogP contribution in [0.25, 0.3) is 0 Å². The topological polar surface area (TPSA) is 59.5 Å². The molecule has 17 heavy (non-hydrogen) atoms. The van der Waals surface area contributed by atoms with Crippen LogP contribution in [0.2, 0.25) is 5.02 Å². The second-order valence-electron chi connectivity index (χ2n) is 3.33. The Morgan fingerprint density at radius 3 is 2.82 bits per heavy atom. The number of likely N-dealkylation sites (N-methyl/N-ethyl adjacent to an activating group) is 1. The standard InChI is InChI=1S/C10H15ClN2O3S/c1-3-16-7-6-13(2)17(14,15)10-8-12-5-4-9(10)11/h4-5,8H,3,6-7H2,1-2H3. The summed E-state index contributed by atoms with van der Waals surface area (Å²) in [6, 6.07) is 1.45. The van der Waals surface area contributed by atoms with E-state index in [2.05, 4.69) is 4.98 Å². The number of nitrogens with zero attached hydrogens (tertiary/aromatic N) is 2. The van der Waals surface area contributed by atoms with E-state index in [4.69, 9.17) is 16.3 Å². The maximum Gasteiger partial charge on any atom is 0.245 e. The van der Waals surface area contributed by atoms with E-state index in [1.165, 1.54) is 29.8 Å². The molecule has 96 valence electrons. The summed E-state index contributed by atoms with van der Waals surface area (Å²) in [6.07, 6.45) is 2.69. The molecule has 1 heterocycles. The van der Waals surface area contributed by atoms with Crippen LogP contribution in [0.3, 0.4) is 0 Å². The van der Waals surface area contributed by atoms with E-state index in [1.807, 2.05) is 6.92 Å². The average molecular weight is 279 g/mol. The van der Waals surface area contributed by atoms with Crippen molar-refractivity contribution in [1.82, 2.24) is 9.29 Å². The van der Waals surface area contributed by atoms with Crippen molar-refractivity contribution in [2.24, 2.45) is 0 Å². The van der Waals surface area contributed by atoms with E-state index in [9.17, 15) is 8.42 Å². The molecule has 0 saturated heterocycles. The van der Waals surface area contributed by atoms with E-state index >= 15 is 0 Å². The predicted molar refractivity (Wildman–Crippen MR) is 65.6 cm³/mol. The molecule has 0 atom stereocenters. The van der Waals surface area contributed by atoms with Crippen LogP contribution >= 0.6 is 11.6 Å². The van der Waals surface area contributed by atoms with Crippen LogP contribution in [0, 0.1) is 0 Å². The molecule has 0 aliphatic carbocycles. The first-order valence-corrected chi connectivity index (χ1v) is 6.95. The first kappa shape index (κ1) is 14.4. The van der Waals surface area contributed by atoms with Crippen molar-refractivity contribution in [2.75, 3.05) is 26.8 Å². The van der Waals surface area contributed by atoms with Gasteiger partial charge in [-0.3, -0.25) is 4.98 Å². The van der Waals surface area contributed by atoms with E-state index in [1.54, 1.807) is 0 Å². The van der Waals surface area contributed by atoms with Gasteiger partial charge >= 0.3 is 0 Å². The molecule has 0 spiro atoms. The lowest BCUT2D eigenvalue weighted by Gasteiger charge is -2.17. The fourth-order valence-electron chi connectivity index (χ4n) is 1.18. The molecule has 0 aromatic carbocycles. The van der Waals surface area contributed by atoms with E-state index in [0.717, 1.165) is 0 Å². The summed E-state index contributed by atoms with van der Waals surface area (Å²) in [7, 11) is -2.11. The Kier molecular flexibility index (Phi) is 5.32. The van der Waals surface area contributed by atoms with Gasteiger partial charge in [0, 0.05) is 32.6 Å². The fourth-order valence-corrected chi connectivity index (χ4v) is 2.74. The SMILES string of the molecule is CCOCCN(C)S(=O)(=O)c1cnccc1Cl. The summed E-state index contributed by atoms with van der Waals surface area (Å²) in [6.45, 7) is 3.04. The maximum atomic E-state index is 12.1. The van der Waals surface area contributed by atoms with E-state index in [0.29, 0.717) is 13.2 Å². The highest BCUT2D eigenvalue weighted by molar-refractivity contribution is 7.89. The molecule has 0 amide bonds. The van der Waals surface area contributed by atoms with Crippen LogP contribution in [0.1, 0.15) is 6.92 Å². The van der Waals surface area contributed by atoms with Crippen LogP contribution in [0.15, 0.2) is 23.4 Å². The monoisotopic (exact) mass is 278 g/mol. The number of pyridine rings is 1. The van der Waals surface area contributed by atoms with Gasteiger partial charge in [0.1, 0.15) is 4.90 Å². The van der Waals surface area contributed by atoms with Gasteiger partial charge in [0.25, 0.3) is 0 Å². The molecule has 0 unspecified atom stereocenters. The van der Waals surface area contributed by atoms with Gasteiger partial charge in [-0.2, -0.15) is 4.31 Å². The molecule has 1 aromatic heterocycles. The molecule has 0 radical (unpaired) electrons.